The fourth-order valence-corrected chi connectivity index (χ4v) is 3.18. The van der Waals surface area contributed by atoms with Gasteiger partial charge in [-0.15, -0.1) is 10.2 Å². The minimum Gasteiger partial charge on any atom is -0.497 e. The highest BCUT2D eigenvalue weighted by Crippen LogP contribution is 2.22. The van der Waals surface area contributed by atoms with Gasteiger partial charge >= 0.3 is 0 Å². The maximum Gasteiger partial charge on any atom is 0.297 e. The van der Waals surface area contributed by atoms with Gasteiger partial charge in [0.1, 0.15) is 5.75 Å². The molecule has 0 fully saturated rings. The van der Waals surface area contributed by atoms with Gasteiger partial charge in [0, 0.05) is 23.5 Å². The summed E-state index contributed by atoms with van der Waals surface area (Å²) >= 11 is 7.31. The average molecular weight is 389 g/mol. The predicted molar refractivity (Wildman–Crippen MR) is 105 cm³/mol. The van der Waals surface area contributed by atoms with Gasteiger partial charge in [-0.05, 0) is 42.0 Å². The second-order valence-corrected chi connectivity index (χ2v) is 6.84. The van der Waals surface area contributed by atoms with E-state index in [1.807, 2.05) is 24.3 Å². The summed E-state index contributed by atoms with van der Waals surface area (Å²) in [7, 11) is 3.31. The van der Waals surface area contributed by atoms with Gasteiger partial charge in [-0.1, -0.05) is 35.5 Å². The molecule has 1 aromatic heterocycles. The molecule has 0 spiro atoms. The molecular formula is C18H17ClN4O2S. The third-order valence-corrected chi connectivity index (χ3v) is 5.01. The van der Waals surface area contributed by atoms with E-state index < -0.39 is 0 Å². The molecule has 0 atom stereocenters. The molecule has 8 heteroatoms. The number of ether oxygens (including phenoxy) is 1. The van der Waals surface area contributed by atoms with E-state index in [-0.39, 0.29) is 11.4 Å². The van der Waals surface area contributed by atoms with Crippen molar-refractivity contribution in [3.63, 3.8) is 0 Å². The largest absolute Gasteiger partial charge is 0.497 e. The summed E-state index contributed by atoms with van der Waals surface area (Å²) in [6.07, 6.45) is 0. The van der Waals surface area contributed by atoms with Crippen LogP contribution in [0.4, 0.5) is 11.5 Å². The van der Waals surface area contributed by atoms with Gasteiger partial charge in [0.25, 0.3) is 5.56 Å². The highest BCUT2D eigenvalue weighted by atomic mass is 35.5. The smallest absolute Gasteiger partial charge is 0.297 e. The van der Waals surface area contributed by atoms with Crippen molar-refractivity contribution in [2.24, 2.45) is 7.05 Å². The lowest BCUT2D eigenvalue weighted by atomic mass is 10.2. The van der Waals surface area contributed by atoms with Crippen LogP contribution in [0.15, 0.2) is 58.5 Å². The molecular weight excluding hydrogens is 372 g/mol. The van der Waals surface area contributed by atoms with Crippen molar-refractivity contribution in [2.45, 2.75) is 10.9 Å². The molecule has 2 aromatic carbocycles. The third kappa shape index (κ3) is 4.36. The molecule has 0 aliphatic carbocycles. The van der Waals surface area contributed by atoms with Crippen LogP contribution in [-0.4, -0.2) is 21.9 Å². The molecule has 26 heavy (non-hydrogen) atoms. The van der Waals surface area contributed by atoms with E-state index in [4.69, 9.17) is 16.3 Å². The first kappa shape index (κ1) is 18.3. The van der Waals surface area contributed by atoms with Crippen LogP contribution in [0.25, 0.3) is 0 Å². The van der Waals surface area contributed by atoms with Crippen LogP contribution in [0.2, 0.25) is 5.02 Å². The van der Waals surface area contributed by atoms with Crippen LogP contribution >= 0.6 is 23.4 Å². The lowest BCUT2D eigenvalue weighted by molar-refractivity contribution is 0.414. The summed E-state index contributed by atoms with van der Waals surface area (Å²) in [5, 5.41) is 12.3. The maximum absolute atomic E-state index is 12.5. The molecule has 0 amide bonds. The number of hydrogen-bond acceptors (Lipinski definition) is 6. The lowest BCUT2D eigenvalue weighted by Gasteiger charge is -2.09. The minimum absolute atomic E-state index is 0.170. The number of nitrogens with one attached hydrogen (secondary N) is 1. The van der Waals surface area contributed by atoms with Gasteiger partial charge in [-0.3, -0.25) is 9.36 Å². The highest BCUT2D eigenvalue weighted by molar-refractivity contribution is 7.98. The molecule has 1 N–H and O–H groups in total. The van der Waals surface area contributed by atoms with Crippen molar-refractivity contribution in [2.75, 3.05) is 12.4 Å². The van der Waals surface area contributed by atoms with Gasteiger partial charge in [-0.25, -0.2) is 0 Å². The number of thioether (sulfide) groups is 1. The molecule has 1 heterocycles. The van der Waals surface area contributed by atoms with Crippen LogP contribution in [0, 0.1) is 0 Å². The van der Waals surface area contributed by atoms with Crippen molar-refractivity contribution in [3.8, 4) is 5.75 Å². The Kier molecular flexibility index (Phi) is 5.80. The second-order valence-electron chi connectivity index (χ2n) is 5.46. The first-order valence-electron chi connectivity index (χ1n) is 7.79. The number of halogens is 1. The normalized spacial score (nSPS) is 10.6. The Balaban J connectivity index is 1.72. The predicted octanol–water partition coefficient (Wildman–Crippen LogP) is 3.87. The molecule has 0 saturated carbocycles. The fourth-order valence-electron chi connectivity index (χ4n) is 2.19. The van der Waals surface area contributed by atoms with Crippen LogP contribution in [0.3, 0.4) is 0 Å². The summed E-state index contributed by atoms with van der Waals surface area (Å²) in [5.41, 5.74) is 1.58. The van der Waals surface area contributed by atoms with Crippen molar-refractivity contribution < 1.29 is 4.74 Å². The summed E-state index contributed by atoms with van der Waals surface area (Å²) in [6, 6.07) is 14.8. The second kappa shape index (κ2) is 8.25. The average Bonchev–Trinajstić information content (AvgIpc) is 2.67. The van der Waals surface area contributed by atoms with Crippen molar-refractivity contribution >= 4 is 34.9 Å². The van der Waals surface area contributed by atoms with E-state index in [2.05, 4.69) is 15.5 Å². The number of aromatic nitrogens is 3. The first-order valence-corrected chi connectivity index (χ1v) is 9.15. The standard InChI is InChI=1S/C18H17ClN4O2S/c1-23-17(24)16(20-14-7-5-13(19)6-8-14)21-22-18(23)26-11-12-3-9-15(25-2)10-4-12/h3-10H,11H2,1-2H3,(H,20,21). The van der Waals surface area contributed by atoms with Crippen LogP contribution in [0.5, 0.6) is 5.75 Å². The number of hydrogen-bond donors (Lipinski definition) is 1. The number of anilines is 2. The zero-order chi connectivity index (χ0) is 18.5. The van der Waals surface area contributed by atoms with Crippen LogP contribution in [0.1, 0.15) is 5.56 Å². The quantitative estimate of drug-likeness (QED) is 0.646. The monoisotopic (exact) mass is 388 g/mol. The Labute approximate surface area is 160 Å². The zero-order valence-electron chi connectivity index (χ0n) is 14.3. The molecule has 0 aliphatic heterocycles. The third-order valence-electron chi connectivity index (χ3n) is 3.66. The van der Waals surface area contributed by atoms with Crippen molar-refractivity contribution in [3.05, 3.63) is 69.5 Å². The zero-order valence-corrected chi connectivity index (χ0v) is 15.8. The van der Waals surface area contributed by atoms with E-state index in [1.165, 1.54) is 16.3 Å². The van der Waals surface area contributed by atoms with Crippen LogP contribution in [-0.2, 0) is 12.8 Å². The van der Waals surface area contributed by atoms with E-state index in [0.717, 1.165) is 17.0 Å². The van der Waals surface area contributed by atoms with E-state index in [1.54, 1.807) is 38.4 Å². The Bertz CT molecular complexity index is 943. The Morgan fingerprint density at radius 2 is 1.81 bits per heavy atom. The molecule has 3 aromatic rings. The Morgan fingerprint density at radius 1 is 1.12 bits per heavy atom. The molecule has 0 bridgehead atoms. The fraction of sp³-hybridized carbons (Fsp3) is 0.167. The lowest BCUT2D eigenvalue weighted by Crippen LogP contribution is -2.24. The van der Waals surface area contributed by atoms with E-state index >= 15 is 0 Å². The summed E-state index contributed by atoms with van der Waals surface area (Å²) < 4.78 is 6.63. The van der Waals surface area contributed by atoms with Crippen molar-refractivity contribution in [1.29, 1.82) is 0 Å². The number of methoxy groups -OCH3 is 1. The molecule has 0 saturated heterocycles. The summed E-state index contributed by atoms with van der Waals surface area (Å²) in [6.45, 7) is 0. The van der Waals surface area contributed by atoms with Gasteiger partial charge < -0.3 is 10.1 Å². The van der Waals surface area contributed by atoms with Gasteiger partial charge in [0.2, 0.25) is 5.82 Å². The minimum atomic E-state index is -0.243. The van der Waals surface area contributed by atoms with Crippen LogP contribution < -0.4 is 15.6 Å². The highest BCUT2D eigenvalue weighted by Gasteiger charge is 2.10. The number of nitrogens with zero attached hydrogens (tertiary/aromatic N) is 3. The molecule has 6 nitrogen and oxygen atoms in total. The van der Waals surface area contributed by atoms with E-state index in [0.29, 0.717) is 15.9 Å². The van der Waals surface area contributed by atoms with Gasteiger partial charge in [0.15, 0.2) is 5.16 Å². The topological polar surface area (TPSA) is 69.0 Å². The molecule has 0 unspecified atom stereocenters. The van der Waals surface area contributed by atoms with Crippen molar-refractivity contribution in [1.82, 2.24) is 14.8 Å². The summed E-state index contributed by atoms with van der Waals surface area (Å²) in [4.78, 5) is 12.5. The molecule has 0 aliphatic rings. The van der Waals surface area contributed by atoms with E-state index in [9.17, 15) is 4.79 Å². The van der Waals surface area contributed by atoms with Gasteiger partial charge in [0.05, 0.1) is 7.11 Å². The maximum atomic E-state index is 12.5. The summed E-state index contributed by atoms with van der Waals surface area (Å²) in [5.74, 6) is 1.66. The Hall–Kier alpha value is -2.51. The number of benzene rings is 2. The van der Waals surface area contributed by atoms with Gasteiger partial charge in [-0.2, -0.15) is 0 Å². The number of rotatable bonds is 6. The first-order chi connectivity index (χ1) is 12.6. The molecule has 3 rings (SSSR count). The SMILES string of the molecule is COc1ccc(CSc2nnc(Nc3ccc(Cl)cc3)c(=O)n2C)cc1. The molecule has 0 radical (unpaired) electrons. The molecule has 134 valence electrons. The Morgan fingerprint density at radius 3 is 2.46 bits per heavy atom.